The lowest BCUT2D eigenvalue weighted by atomic mass is 10.1. The quantitative estimate of drug-likeness (QED) is 0.451. The van der Waals surface area contributed by atoms with Gasteiger partial charge in [-0.2, -0.15) is 5.10 Å². The lowest BCUT2D eigenvalue weighted by molar-refractivity contribution is -0.121. The Hall–Kier alpha value is -4.13. The topological polar surface area (TPSA) is 65.4 Å². The third-order valence-corrected chi connectivity index (χ3v) is 5.48. The van der Waals surface area contributed by atoms with E-state index in [4.69, 9.17) is 14.6 Å². The van der Waals surface area contributed by atoms with Gasteiger partial charge in [0.2, 0.25) is 12.7 Å². The lowest BCUT2D eigenvalue weighted by Gasteiger charge is -2.07. The number of amides is 1. The summed E-state index contributed by atoms with van der Waals surface area (Å²) in [7, 11) is 0. The van der Waals surface area contributed by atoms with E-state index in [1.54, 1.807) is 16.8 Å². The molecule has 1 amide bonds. The van der Waals surface area contributed by atoms with Gasteiger partial charge in [-0.05, 0) is 60.5 Å². The summed E-state index contributed by atoms with van der Waals surface area (Å²) in [4.78, 5) is 12.5. The average Bonchev–Trinajstić information content (AvgIpc) is 3.49. The van der Waals surface area contributed by atoms with Gasteiger partial charge in [-0.25, -0.2) is 9.07 Å². The number of ether oxygens (including phenoxy) is 2. The largest absolute Gasteiger partial charge is 0.454 e. The van der Waals surface area contributed by atoms with Crippen LogP contribution in [0.1, 0.15) is 17.5 Å². The third-order valence-electron chi connectivity index (χ3n) is 5.48. The minimum atomic E-state index is -0.306. The van der Waals surface area contributed by atoms with Crippen LogP contribution in [0.25, 0.3) is 16.9 Å². The summed E-state index contributed by atoms with van der Waals surface area (Å²) >= 11 is 0. The molecule has 2 heterocycles. The van der Waals surface area contributed by atoms with Crippen LogP contribution < -0.4 is 14.8 Å². The van der Waals surface area contributed by atoms with Crippen molar-refractivity contribution in [2.45, 2.75) is 19.4 Å². The van der Waals surface area contributed by atoms with Gasteiger partial charge in [0, 0.05) is 30.3 Å². The highest BCUT2D eigenvalue weighted by molar-refractivity contribution is 5.76. The van der Waals surface area contributed by atoms with Crippen molar-refractivity contribution < 1.29 is 18.7 Å². The van der Waals surface area contributed by atoms with Crippen LogP contribution in [0.2, 0.25) is 0 Å². The Kier molecular flexibility index (Phi) is 5.76. The number of rotatable bonds is 7. The predicted octanol–water partition coefficient (Wildman–Crippen LogP) is 4.66. The zero-order valence-electron chi connectivity index (χ0n) is 17.8. The van der Waals surface area contributed by atoms with Gasteiger partial charge >= 0.3 is 0 Å². The Labute approximate surface area is 190 Å². The first-order valence-corrected chi connectivity index (χ1v) is 10.7. The predicted molar refractivity (Wildman–Crippen MR) is 122 cm³/mol. The number of halogens is 1. The van der Waals surface area contributed by atoms with E-state index in [2.05, 4.69) is 5.32 Å². The molecule has 1 aliphatic heterocycles. The molecule has 1 N–H and O–H groups in total. The van der Waals surface area contributed by atoms with Crippen molar-refractivity contribution in [3.8, 4) is 28.4 Å². The van der Waals surface area contributed by atoms with E-state index < -0.39 is 0 Å². The highest BCUT2D eigenvalue weighted by Crippen LogP contribution is 2.32. The Bertz CT molecular complexity index is 1270. The van der Waals surface area contributed by atoms with Crippen molar-refractivity contribution in [1.29, 1.82) is 0 Å². The van der Waals surface area contributed by atoms with Gasteiger partial charge in [-0.15, -0.1) is 0 Å². The Morgan fingerprint density at radius 3 is 2.61 bits per heavy atom. The smallest absolute Gasteiger partial charge is 0.231 e. The second kappa shape index (κ2) is 9.16. The zero-order valence-corrected chi connectivity index (χ0v) is 17.8. The van der Waals surface area contributed by atoms with Crippen LogP contribution in [0.15, 0.2) is 79.0 Å². The van der Waals surface area contributed by atoms with E-state index in [-0.39, 0.29) is 18.5 Å². The fraction of sp³-hybridized carbons (Fsp3) is 0.154. The summed E-state index contributed by atoms with van der Waals surface area (Å²) in [6.45, 7) is 0.547. The highest BCUT2D eigenvalue weighted by Gasteiger charge is 2.15. The molecule has 5 rings (SSSR count). The molecule has 0 radical (unpaired) electrons. The van der Waals surface area contributed by atoms with Crippen LogP contribution in [0.4, 0.5) is 4.39 Å². The normalized spacial score (nSPS) is 12.0. The molecule has 0 saturated heterocycles. The summed E-state index contributed by atoms with van der Waals surface area (Å²) in [6, 6.07) is 21.6. The van der Waals surface area contributed by atoms with E-state index in [0.29, 0.717) is 30.8 Å². The first-order chi connectivity index (χ1) is 16.2. The maximum Gasteiger partial charge on any atom is 0.231 e. The molecule has 0 aliphatic carbocycles. The van der Waals surface area contributed by atoms with Crippen molar-refractivity contribution in [2.24, 2.45) is 0 Å². The number of carbonyl (C=O) groups excluding carboxylic acids is 1. The second-order valence-corrected chi connectivity index (χ2v) is 7.75. The first-order valence-electron chi connectivity index (χ1n) is 10.7. The highest BCUT2D eigenvalue weighted by atomic mass is 19.1. The van der Waals surface area contributed by atoms with Gasteiger partial charge < -0.3 is 14.8 Å². The van der Waals surface area contributed by atoms with Crippen LogP contribution >= 0.6 is 0 Å². The number of aryl methyl sites for hydroxylation is 1. The third kappa shape index (κ3) is 4.72. The number of carbonyl (C=O) groups is 1. The fourth-order valence-electron chi connectivity index (χ4n) is 3.74. The zero-order chi connectivity index (χ0) is 22.6. The number of nitrogens with one attached hydrogen (secondary N) is 1. The minimum absolute atomic E-state index is 0.0646. The summed E-state index contributed by atoms with van der Waals surface area (Å²) < 4.78 is 25.9. The molecule has 0 atom stereocenters. The van der Waals surface area contributed by atoms with Gasteiger partial charge in [-0.3, -0.25) is 4.79 Å². The standard InChI is InChI=1S/C26H22FN3O3/c27-21-10-8-19(9-11-21)26-20(16-30(29-26)22-4-2-1-3-5-22)15-28-25(31)13-7-18-6-12-23-24(14-18)33-17-32-23/h1-6,8-12,14,16H,7,13,15,17H2,(H,28,31). The van der Waals surface area contributed by atoms with E-state index in [9.17, 15) is 9.18 Å². The molecule has 33 heavy (non-hydrogen) atoms. The fourth-order valence-corrected chi connectivity index (χ4v) is 3.74. The molecule has 1 aromatic heterocycles. The molecule has 1 aliphatic rings. The molecular formula is C26H22FN3O3. The molecule has 0 fully saturated rings. The molecule has 7 heteroatoms. The Morgan fingerprint density at radius 2 is 1.79 bits per heavy atom. The average molecular weight is 443 g/mol. The Balaban J connectivity index is 1.29. The minimum Gasteiger partial charge on any atom is -0.454 e. The molecule has 0 saturated carbocycles. The van der Waals surface area contributed by atoms with Crippen LogP contribution in [0.5, 0.6) is 11.5 Å². The summed E-state index contributed by atoms with van der Waals surface area (Å²) in [5.41, 5.74) is 4.26. The molecule has 4 aromatic rings. The number of hydrogen-bond donors (Lipinski definition) is 1. The maximum atomic E-state index is 13.4. The van der Waals surface area contributed by atoms with Crippen molar-refractivity contribution in [3.63, 3.8) is 0 Å². The van der Waals surface area contributed by atoms with E-state index in [1.807, 2.05) is 54.7 Å². The SMILES string of the molecule is O=C(CCc1ccc2c(c1)OCO2)NCc1cn(-c2ccccc2)nc1-c1ccc(F)cc1. The van der Waals surface area contributed by atoms with Crippen molar-refractivity contribution >= 4 is 5.91 Å². The number of fused-ring (bicyclic) bond motifs is 1. The van der Waals surface area contributed by atoms with E-state index >= 15 is 0 Å². The molecule has 0 unspecified atom stereocenters. The molecular weight excluding hydrogens is 421 g/mol. The summed E-state index contributed by atoms with van der Waals surface area (Å²) in [5, 5.41) is 7.69. The van der Waals surface area contributed by atoms with Crippen molar-refractivity contribution in [2.75, 3.05) is 6.79 Å². The monoisotopic (exact) mass is 443 g/mol. The number of para-hydroxylation sites is 1. The number of aromatic nitrogens is 2. The van der Waals surface area contributed by atoms with E-state index in [0.717, 1.165) is 28.1 Å². The molecule has 166 valence electrons. The molecule has 0 spiro atoms. The molecule has 6 nitrogen and oxygen atoms in total. The van der Waals surface area contributed by atoms with Crippen LogP contribution in [0.3, 0.4) is 0 Å². The molecule has 0 bridgehead atoms. The summed E-state index contributed by atoms with van der Waals surface area (Å²) in [5.74, 6) is 1.07. The van der Waals surface area contributed by atoms with Gasteiger partial charge in [0.05, 0.1) is 11.4 Å². The first kappa shape index (κ1) is 20.8. The van der Waals surface area contributed by atoms with Crippen LogP contribution in [-0.2, 0) is 17.8 Å². The maximum absolute atomic E-state index is 13.4. The van der Waals surface area contributed by atoms with Gasteiger partial charge in [-0.1, -0.05) is 24.3 Å². The number of hydrogen-bond acceptors (Lipinski definition) is 4. The Morgan fingerprint density at radius 1 is 1.00 bits per heavy atom. The van der Waals surface area contributed by atoms with Crippen LogP contribution in [0, 0.1) is 5.82 Å². The van der Waals surface area contributed by atoms with Crippen molar-refractivity contribution in [1.82, 2.24) is 15.1 Å². The van der Waals surface area contributed by atoms with Crippen LogP contribution in [-0.4, -0.2) is 22.5 Å². The number of benzene rings is 3. The van der Waals surface area contributed by atoms with Gasteiger partial charge in [0.15, 0.2) is 11.5 Å². The lowest BCUT2D eigenvalue weighted by Crippen LogP contribution is -2.23. The summed E-state index contributed by atoms with van der Waals surface area (Å²) in [6.07, 6.45) is 2.83. The van der Waals surface area contributed by atoms with Gasteiger partial charge in [0.25, 0.3) is 0 Å². The van der Waals surface area contributed by atoms with Gasteiger partial charge in [0.1, 0.15) is 5.82 Å². The molecule has 3 aromatic carbocycles. The number of nitrogens with zero attached hydrogens (tertiary/aromatic N) is 2. The van der Waals surface area contributed by atoms with E-state index in [1.165, 1.54) is 12.1 Å². The second-order valence-electron chi connectivity index (χ2n) is 7.75. The van der Waals surface area contributed by atoms with Crippen molar-refractivity contribution in [3.05, 3.63) is 95.9 Å².